The van der Waals surface area contributed by atoms with Crippen LogP contribution in [0.1, 0.15) is 6.92 Å². The van der Waals surface area contributed by atoms with Gasteiger partial charge in [-0.05, 0) is 31.3 Å². The molecule has 80 valence electrons. The number of carbonyl (C=O) groups excluding carboxylic acids is 1. The first-order valence-electron chi connectivity index (χ1n) is 4.43. The molecule has 1 aromatic carbocycles. The zero-order valence-corrected chi connectivity index (χ0v) is 9.04. The zero-order valence-electron chi connectivity index (χ0n) is 8.23. The standard InChI is InChI=1S/C10H11NO3S/c1-2-13-9(12)11-10(15)14-8-6-4-3-5-7-8/h3-7H,2H2,1H3,(H,11,12,15). The van der Waals surface area contributed by atoms with Crippen LogP contribution >= 0.6 is 12.2 Å². The summed E-state index contributed by atoms with van der Waals surface area (Å²) in [6.45, 7) is 2.00. The first kappa shape index (κ1) is 11.5. The fraction of sp³-hybridized carbons (Fsp3) is 0.200. The van der Waals surface area contributed by atoms with Crippen LogP contribution in [0.25, 0.3) is 0 Å². The molecule has 1 aromatic rings. The number of nitrogens with one attached hydrogen (secondary N) is 1. The van der Waals surface area contributed by atoms with Crippen LogP contribution in [-0.2, 0) is 4.74 Å². The van der Waals surface area contributed by atoms with Crippen LogP contribution in [0.15, 0.2) is 30.3 Å². The van der Waals surface area contributed by atoms with Crippen LogP contribution in [0.4, 0.5) is 4.79 Å². The lowest BCUT2D eigenvalue weighted by molar-refractivity contribution is 0.156. The summed E-state index contributed by atoms with van der Waals surface area (Å²) >= 11 is 4.79. The lowest BCUT2D eigenvalue weighted by atomic mass is 10.3. The van der Waals surface area contributed by atoms with E-state index in [4.69, 9.17) is 17.0 Å². The van der Waals surface area contributed by atoms with Gasteiger partial charge in [0, 0.05) is 0 Å². The van der Waals surface area contributed by atoms with Crippen molar-refractivity contribution in [1.82, 2.24) is 5.32 Å². The topological polar surface area (TPSA) is 47.6 Å². The molecule has 5 heteroatoms. The molecule has 0 heterocycles. The first-order valence-corrected chi connectivity index (χ1v) is 4.84. The maximum atomic E-state index is 10.9. The van der Waals surface area contributed by atoms with Gasteiger partial charge in [-0.25, -0.2) is 4.79 Å². The molecule has 0 aliphatic rings. The summed E-state index contributed by atoms with van der Waals surface area (Å²) in [7, 11) is 0. The molecule has 0 unspecified atom stereocenters. The number of alkyl carbamates (subject to hydrolysis) is 1. The molecule has 0 aliphatic carbocycles. The summed E-state index contributed by atoms with van der Waals surface area (Å²) < 4.78 is 9.78. The van der Waals surface area contributed by atoms with E-state index in [0.717, 1.165) is 0 Å². The number of ether oxygens (including phenoxy) is 2. The number of carbonyl (C=O) groups is 1. The quantitative estimate of drug-likeness (QED) is 0.783. The van der Waals surface area contributed by atoms with Crippen molar-refractivity contribution < 1.29 is 14.3 Å². The largest absolute Gasteiger partial charge is 0.450 e. The van der Waals surface area contributed by atoms with Gasteiger partial charge in [0.1, 0.15) is 5.75 Å². The molecule has 4 nitrogen and oxygen atoms in total. The molecule has 0 aromatic heterocycles. The van der Waals surface area contributed by atoms with E-state index in [2.05, 4.69) is 10.1 Å². The Hall–Kier alpha value is -1.62. The fourth-order valence-electron chi connectivity index (χ4n) is 0.872. The Balaban J connectivity index is 2.40. The average molecular weight is 225 g/mol. The van der Waals surface area contributed by atoms with Gasteiger partial charge in [0.05, 0.1) is 6.61 Å². The summed E-state index contributed by atoms with van der Waals surface area (Å²) in [5.74, 6) is 0.569. The molecule has 0 atom stereocenters. The Kier molecular flexibility index (Phi) is 4.56. The number of hydrogen-bond donors (Lipinski definition) is 1. The number of hydrogen-bond acceptors (Lipinski definition) is 4. The van der Waals surface area contributed by atoms with Gasteiger partial charge in [0.25, 0.3) is 5.17 Å². The Morgan fingerprint density at radius 3 is 2.67 bits per heavy atom. The van der Waals surface area contributed by atoms with Crippen molar-refractivity contribution in [3.8, 4) is 5.75 Å². The van der Waals surface area contributed by atoms with E-state index in [0.29, 0.717) is 12.4 Å². The maximum Gasteiger partial charge on any atom is 0.414 e. The minimum Gasteiger partial charge on any atom is -0.450 e. The van der Waals surface area contributed by atoms with E-state index in [-0.39, 0.29) is 5.17 Å². The van der Waals surface area contributed by atoms with Crippen LogP contribution in [0.5, 0.6) is 5.75 Å². The van der Waals surface area contributed by atoms with Crippen molar-refractivity contribution in [3.63, 3.8) is 0 Å². The number of para-hydroxylation sites is 1. The Morgan fingerprint density at radius 2 is 2.07 bits per heavy atom. The molecule has 0 radical (unpaired) electrons. The molecular formula is C10H11NO3S. The summed E-state index contributed by atoms with van der Waals surface area (Å²) in [5.41, 5.74) is 0. The molecule has 15 heavy (non-hydrogen) atoms. The third kappa shape index (κ3) is 4.42. The van der Waals surface area contributed by atoms with Crippen molar-refractivity contribution in [2.24, 2.45) is 0 Å². The highest BCUT2D eigenvalue weighted by Crippen LogP contribution is 2.08. The smallest absolute Gasteiger partial charge is 0.414 e. The van der Waals surface area contributed by atoms with E-state index in [1.807, 2.05) is 18.2 Å². The van der Waals surface area contributed by atoms with Gasteiger partial charge >= 0.3 is 6.09 Å². The second kappa shape index (κ2) is 5.98. The van der Waals surface area contributed by atoms with Crippen LogP contribution in [0, 0.1) is 0 Å². The first-order chi connectivity index (χ1) is 7.22. The van der Waals surface area contributed by atoms with E-state index in [1.165, 1.54) is 0 Å². The number of rotatable bonds is 2. The van der Waals surface area contributed by atoms with Gasteiger partial charge in [-0.15, -0.1) is 0 Å². The molecule has 0 saturated carbocycles. The zero-order chi connectivity index (χ0) is 11.1. The van der Waals surface area contributed by atoms with Crippen LogP contribution in [0.2, 0.25) is 0 Å². The van der Waals surface area contributed by atoms with Crippen LogP contribution in [0.3, 0.4) is 0 Å². The Morgan fingerprint density at radius 1 is 1.40 bits per heavy atom. The van der Waals surface area contributed by atoms with Crippen LogP contribution in [-0.4, -0.2) is 17.9 Å². The van der Waals surface area contributed by atoms with Crippen molar-refractivity contribution in [2.45, 2.75) is 6.92 Å². The highest BCUT2D eigenvalue weighted by Gasteiger charge is 2.05. The maximum absolute atomic E-state index is 10.9. The normalized spacial score (nSPS) is 9.13. The molecule has 0 fully saturated rings. The molecule has 0 bridgehead atoms. The SMILES string of the molecule is CCOC(=O)NC(=S)Oc1ccccc1. The lowest BCUT2D eigenvalue weighted by Crippen LogP contribution is -2.33. The Labute approximate surface area is 93.2 Å². The van der Waals surface area contributed by atoms with Crippen molar-refractivity contribution in [1.29, 1.82) is 0 Å². The summed E-state index contributed by atoms with van der Waals surface area (Å²) in [4.78, 5) is 10.9. The van der Waals surface area contributed by atoms with Gasteiger partial charge in [0.2, 0.25) is 0 Å². The third-order valence-corrected chi connectivity index (χ3v) is 1.62. The second-order valence-electron chi connectivity index (χ2n) is 2.55. The van der Waals surface area contributed by atoms with Gasteiger partial charge in [0.15, 0.2) is 0 Å². The minimum atomic E-state index is -0.613. The number of amides is 1. The molecule has 0 aliphatic heterocycles. The monoisotopic (exact) mass is 225 g/mol. The van der Waals surface area contributed by atoms with E-state index >= 15 is 0 Å². The molecule has 0 spiro atoms. The van der Waals surface area contributed by atoms with Crippen molar-refractivity contribution in [3.05, 3.63) is 30.3 Å². The second-order valence-corrected chi connectivity index (χ2v) is 2.92. The average Bonchev–Trinajstić information content (AvgIpc) is 2.19. The van der Waals surface area contributed by atoms with Crippen molar-refractivity contribution >= 4 is 23.5 Å². The van der Waals surface area contributed by atoms with Gasteiger partial charge < -0.3 is 9.47 Å². The summed E-state index contributed by atoms with van der Waals surface area (Å²) in [6.07, 6.45) is -0.613. The van der Waals surface area contributed by atoms with Gasteiger partial charge in [-0.1, -0.05) is 18.2 Å². The molecule has 0 saturated heterocycles. The fourth-order valence-corrected chi connectivity index (χ4v) is 1.05. The molecule has 1 rings (SSSR count). The predicted molar refractivity (Wildman–Crippen MR) is 59.8 cm³/mol. The van der Waals surface area contributed by atoms with Crippen LogP contribution < -0.4 is 10.1 Å². The van der Waals surface area contributed by atoms with Crippen molar-refractivity contribution in [2.75, 3.05) is 6.61 Å². The van der Waals surface area contributed by atoms with Gasteiger partial charge in [-0.2, -0.15) is 0 Å². The molecular weight excluding hydrogens is 214 g/mol. The lowest BCUT2D eigenvalue weighted by Gasteiger charge is -2.07. The highest BCUT2D eigenvalue weighted by molar-refractivity contribution is 7.80. The summed E-state index contributed by atoms with van der Waals surface area (Å²) in [6, 6.07) is 8.94. The van der Waals surface area contributed by atoms with E-state index in [1.54, 1.807) is 19.1 Å². The highest BCUT2D eigenvalue weighted by atomic mass is 32.1. The third-order valence-electron chi connectivity index (χ3n) is 1.43. The van der Waals surface area contributed by atoms with E-state index in [9.17, 15) is 4.79 Å². The number of benzene rings is 1. The summed E-state index contributed by atoms with van der Waals surface area (Å²) in [5, 5.41) is 2.25. The predicted octanol–water partition coefficient (Wildman–Crippen LogP) is 2.10. The number of thiocarbonyl (C=S) groups is 1. The van der Waals surface area contributed by atoms with E-state index < -0.39 is 6.09 Å². The molecule has 1 amide bonds. The van der Waals surface area contributed by atoms with Gasteiger partial charge in [-0.3, -0.25) is 5.32 Å². The minimum absolute atomic E-state index is 0.0281. The Bertz CT molecular complexity index is 340. The molecule has 1 N–H and O–H groups in total.